The lowest BCUT2D eigenvalue weighted by molar-refractivity contribution is -0.134. The number of nitrogens with one attached hydrogen (secondary N) is 4. The third-order valence-corrected chi connectivity index (χ3v) is 10.5. The summed E-state index contributed by atoms with van der Waals surface area (Å²) in [6.45, 7) is 5.25. The summed E-state index contributed by atoms with van der Waals surface area (Å²) in [5, 5.41) is 9.68. The van der Waals surface area contributed by atoms with Gasteiger partial charge in [-0.3, -0.25) is 9.59 Å². The van der Waals surface area contributed by atoms with Crippen LogP contribution in [0.5, 0.6) is 0 Å². The Balaban J connectivity index is 1.36. The fraction of sp³-hybridized carbons (Fsp3) is 0.529. The number of hydrogen-bond acceptors (Lipinski definition) is 6. The van der Waals surface area contributed by atoms with Gasteiger partial charge in [0.1, 0.15) is 11.9 Å². The Morgan fingerprint density at radius 1 is 1.13 bits per heavy atom. The van der Waals surface area contributed by atoms with E-state index >= 15 is 0 Å². The average Bonchev–Trinajstić information content (AvgIpc) is 3.38. The van der Waals surface area contributed by atoms with Gasteiger partial charge in [0.25, 0.3) is 0 Å². The highest BCUT2D eigenvalue weighted by atomic mass is 35.5. The van der Waals surface area contributed by atoms with Crippen molar-refractivity contribution in [3.63, 3.8) is 0 Å². The van der Waals surface area contributed by atoms with E-state index in [1.807, 2.05) is 49.4 Å². The molecule has 1 aromatic heterocycles. The number of rotatable bonds is 11. The molecule has 4 atom stereocenters. The minimum absolute atomic E-state index is 0.0921. The number of aromatic amines is 1. The van der Waals surface area contributed by atoms with Crippen LogP contribution in [0, 0.1) is 11.3 Å². The maximum atomic E-state index is 14.1. The van der Waals surface area contributed by atoms with Crippen molar-refractivity contribution in [3.05, 3.63) is 64.4 Å². The molecule has 6 rings (SSSR count). The predicted molar refractivity (Wildman–Crippen MR) is 171 cm³/mol. The Morgan fingerprint density at radius 2 is 1.91 bits per heavy atom. The summed E-state index contributed by atoms with van der Waals surface area (Å²) in [5.41, 5.74) is 2.13. The number of imidazole rings is 1. The highest BCUT2D eigenvalue weighted by Gasteiger charge is 2.51. The van der Waals surface area contributed by atoms with Crippen LogP contribution in [0.4, 0.5) is 4.79 Å². The Kier molecular flexibility index (Phi) is 8.81. The van der Waals surface area contributed by atoms with E-state index < -0.39 is 23.6 Å². The van der Waals surface area contributed by atoms with Gasteiger partial charge in [0, 0.05) is 24.1 Å². The molecule has 1 saturated heterocycles. The zero-order chi connectivity index (χ0) is 31.8. The van der Waals surface area contributed by atoms with Crippen LogP contribution in [0.25, 0.3) is 11.0 Å². The third-order valence-electron chi connectivity index (χ3n) is 10.2. The van der Waals surface area contributed by atoms with Gasteiger partial charge in [-0.15, -0.1) is 0 Å². The van der Waals surface area contributed by atoms with Crippen LogP contribution in [0.2, 0.25) is 5.02 Å². The second kappa shape index (κ2) is 12.6. The second-order valence-electron chi connectivity index (χ2n) is 13.0. The fourth-order valence-electron chi connectivity index (χ4n) is 7.00. The summed E-state index contributed by atoms with van der Waals surface area (Å²) in [6, 6.07) is 12.4. The number of carbonyl (C=O) groups excluding carboxylic acids is 3. The first-order valence-electron chi connectivity index (χ1n) is 15.9. The molecular weight excluding hydrogens is 594 g/mol. The van der Waals surface area contributed by atoms with Gasteiger partial charge in [0.2, 0.25) is 11.8 Å². The van der Waals surface area contributed by atoms with Gasteiger partial charge in [-0.25, -0.2) is 9.78 Å². The normalized spacial score (nSPS) is 22.6. The number of alkyl carbamates (subject to hydrolysis) is 1. The highest BCUT2D eigenvalue weighted by molar-refractivity contribution is 6.31. The van der Waals surface area contributed by atoms with Crippen molar-refractivity contribution in [3.8, 4) is 0 Å². The standard InChI is InChI=1S/C34H42ClN5O5/c1-4-36-30(41)27(20-8-7-9-20)39-31(42)34(16-17-45-19-34)21-12-13-24-25(18-21)38-29(37-24)28(40-32(43)44-3)26(33(2)14-15-33)22-10-5-6-11-23(22)35/h5-6,10-13,18,20,26-28H,4,7-9,14-17,19H2,1-3H3,(H,36,41)(H,37,38)(H,39,42)(H,40,43)/t26-,27+,28-,34?/m0/s1. The Hall–Kier alpha value is -3.63. The molecule has 2 heterocycles. The smallest absolute Gasteiger partial charge is 0.407 e. The zero-order valence-electron chi connectivity index (χ0n) is 26.1. The molecule has 2 saturated carbocycles. The Labute approximate surface area is 268 Å². The predicted octanol–water partition coefficient (Wildman–Crippen LogP) is 5.28. The van der Waals surface area contributed by atoms with Crippen LogP contribution >= 0.6 is 11.6 Å². The number of amides is 3. The molecule has 11 heteroatoms. The number of hydrogen-bond donors (Lipinski definition) is 4. The second-order valence-corrected chi connectivity index (χ2v) is 13.4. The maximum Gasteiger partial charge on any atom is 0.407 e. The van der Waals surface area contributed by atoms with Crippen molar-refractivity contribution in [2.75, 3.05) is 26.9 Å². The van der Waals surface area contributed by atoms with Crippen LogP contribution in [0.15, 0.2) is 42.5 Å². The molecule has 4 N–H and O–H groups in total. The number of ether oxygens (including phenoxy) is 2. The van der Waals surface area contributed by atoms with E-state index in [4.69, 9.17) is 26.1 Å². The molecule has 3 fully saturated rings. The number of methoxy groups -OCH3 is 1. The van der Waals surface area contributed by atoms with E-state index in [2.05, 4.69) is 27.9 Å². The lowest BCUT2D eigenvalue weighted by Gasteiger charge is -2.36. The van der Waals surface area contributed by atoms with Crippen molar-refractivity contribution in [2.24, 2.45) is 11.3 Å². The van der Waals surface area contributed by atoms with Crippen LogP contribution < -0.4 is 16.0 Å². The fourth-order valence-corrected chi connectivity index (χ4v) is 7.25. The zero-order valence-corrected chi connectivity index (χ0v) is 26.8. The van der Waals surface area contributed by atoms with Crippen molar-refractivity contribution in [2.45, 2.75) is 75.8 Å². The van der Waals surface area contributed by atoms with E-state index in [9.17, 15) is 14.4 Å². The number of carbonyl (C=O) groups is 3. The van der Waals surface area contributed by atoms with E-state index in [-0.39, 0.29) is 35.7 Å². The van der Waals surface area contributed by atoms with Crippen LogP contribution in [-0.4, -0.2) is 60.8 Å². The summed E-state index contributed by atoms with van der Waals surface area (Å²) in [4.78, 5) is 48.1. The lowest BCUT2D eigenvalue weighted by Crippen LogP contribution is -2.57. The summed E-state index contributed by atoms with van der Waals surface area (Å²) in [6.07, 6.45) is 4.82. The number of benzene rings is 2. The summed E-state index contributed by atoms with van der Waals surface area (Å²) in [7, 11) is 1.34. The molecule has 10 nitrogen and oxygen atoms in total. The monoisotopic (exact) mass is 635 g/mol. The number of H-pyrrole nitrogens is 1. The van der Waals surface area contributed by atoms with Gasteiger partial charge in [-0.1, -0.05) is 49.2 Å². The quantitative estimate of drug-likeness (QED) is 0.227. The molecule has 45 heavy (non-hydrogen) atoms. The highest BCUT2D eigenvalue weighted by Crippen LogP contribution is 2.60. The van der Waals surface area contributed by atoms with Gasteiger partial charge in [-0.2, -0.15) is 0 Å². The molecule has 0 spiro atoms. The van der Waals surface area contributed by atoms with E-state index in [0.29, 0.717) is 35.9 Å². The van der Waals surface area contributed by atoms with Gasteiger partial charge >= 0.3 is 6.09 Å². The molecule has 1 aliphatic heterocycles. The lowest BCUT2D eigenvalue weighted by atomic mass is 9.76. The Morgan fingerprint density at radius 3 is 2.53 bits per heavy atom. The van der Waals surface area contributed by atoms with Crippen LogP contribution in [-0.2, 0) is 24.5 Å². The molecule has 0 radical (unpaired) electrons. The van der Waals surface area contributed by atoms with Crippen LogP contribution in [0.1, 0.15) is 81.3 Å². The number of nitrogens with zero attached hydrogens (tertiary/aromatic N) is 1. The molecule has 3 aromatic rings. The SMILES string of the molecule is CCNC(=O)[C@H](NC(=O)C1(c2ccc3nc([C@@H](NC(=O)OC)[C@H](c4ccccc4Cl)C4(C)CC4)[nH]c3c2)CCOC1)C1CCC1. The summed E-state index contributed by atoms with van der Waals surface area (Å²) >= 11 is 6.73. The van der Waals surface area contributed by atoms with E-state index in [1.165, 1.54) is 7.11 Å². The van der Waals surface area contributed by atoms with E-state index in [0.717, 1.165) is 48.7 Å². The van der Waals surface area contributed by atoms with E-state index in [1.54, 1.807) is 0 Å². The van der Waals surface area contributed by atoms with Crippen molar-refractivity contribution in [1.29, 1.82) is 0 Å². The maximum absolute atomic E-state index is 14.1. The number of likely N-dealkylation sites (N-methyl/N-ethyl adjacent to an activating group) is 1. The first-order chi connectivity index (χ1) is 21.7. The van der Waals surface area contributed by atoms with Crippen LogP contribution in [0.3, 0.4) is 0 Å². The topological polar surface area (TPSA) is 134 Å². The summed E-state index contributed by atoms with van der Waals surface area (Å²) < 4.78 is 10.8. The minimum atomic E-state index is -0.945. The van der Waals surface area contributed by atoms with Gasteiger partial charge in [0.15, 0.2) is 0 Å². The largest absolute Gasteiger partial charge is 0.453 e. The molecular formula is C34H42ClN5O5. The number of aromatic nitrogens is 2. The molecule has 1 unspecified atom stereocenters. The Bertz CT molecular complexity index is 1580. The first kappa shape index (κ1) is 31.4. The molecule has 3 aliphatic rings. The summed E-state index contributed by atoms with van der Waals surface area (Å²) in [5.74, 6) is 0.209. The molecule has 2 aliphatic carbocycles. The first-order valence-corrected chi connectivity index (χ1v) is 16.3. The van der Waals surface area contributed by atoms with Crippen molar-refractivity contribution < 1.29 is 23.9 Å². The van der Waals surface area contributed by atoms with Gasteiger partial charge in [0.05, 0.1) is 36.2 Å². The van der Waals surface area contributed by atoms with Gasteiger partial charge < -0.3 is 30.4 Å². The van der Waals surface area contributed by atoms with Gasteiger partial charge in [-0.05, 0) is 79.7 Å². The minimum Gasteiger partial charge on any atom is -0.453 e. The van der Waals surface area contributed by atoms with Crippen molar-refractivity contribution >= 4 is 40.5 Å². The third kappa shape index (κ3) is 6.02. The molecule has 0 bridgehead atoms. The van der Waals surface area contributed by atoms with Crippen molar-refractivity contribution in [1.82, 2.24) is 25.9 Å². The number of fused-ring (bicyclic) bond motifs is 1. The molecule has 240 valence electrons. The molecule has 3 amide bonds. The average molecular weight is 636 g/mol. The number of halogens is 1. The molecule has 2 aromatic carbocycles.